The second kappa shape index (κ2) is 10.7. The highest BCUT2D eigenvalue weighted by molar-refractivity contribution is 5.76. The summed E-state index contributed by atoms with van der Waals surface area (Å²) in [6, 6.07) is 7.48. The number of aromatic hydroxyl groups is 1. The van der Waals surface area contributed by atoms with E-state index in [0.29, 0.717) is 43.7 Å². The van der Waals surface area contributed by atoms with Gasteiger partial charge in [0.25, 0.3) is 0 Å². The van der Waals surface area contributed by atoms with E-state index in [1.54, 1.807) is 6.07 Å². The summed E-state index contributed by atoms with van der Waals surface area (Å²) >= 11 is 0. The average molecular weight is 377 g/mol. The monoisotopic (exact) mass is 376 g/mol. The molecule has 1 aliphatic rings. The lowest BCUT2D eigenvalue weighted by Gasteiger charge is -2.36. The van der Waals surface area contributed by atoms with E-state index in [0.717, 1.165) is 31.6 Å². The van der Waals surface area contributed by atoms with Gasteiger partial charge >= 0.3 is 0 Å². The summed E-state index contributed by atoms with van der Waals surface area (Å²) in [5, 5.41) is 10.0. The van der Waals surface area contributed by atoms with Crippen LogP contribution < -0.4 is 0 Å². The van der Waals surface area contributed by atoms with E-state index < -0.39 is 0 Å². The zero-order chi connectivity index (χ0) is 19.8. The fraction of sp³-hybridized carbons (Fsp3) is 0.682. The standard InChI is InChI=1S/C22H36N2O3/c1-17(2)9-10-24(22(26)13-18(3)4)16-20-15-23(11-12-27-20)14-19-7-5-6-8-21(19)25/h5-8,17-18,20,25H,9-16H2,1-4H3/t20-/m0/s1. The average Bonchev–Trinajstić information content (AvgIpc) is 2.60. The Morgan fingerprint density at radius 1 is 1.26 bits per heavy atom. The summed E-state index contributed by atoms with van der Waals surface area (Å²) in [7, 11) is 0. The van der Waals surface area contributed by atoms with E-state index in [-0.39, 0.29) is 12.0 Å². The number of rotatable bonds is 9. The molecule has 27 heavy (non-hydrogen) atoms. The highest BCUT2D eigenvalue weighted by atomic mass is 16.5. The first kappa shape index (κ1) is 21.7. The van der Waals surface area contributed by atoms with Gasteiger partial charge in [-0.3, -0.25) is 9.69 Å². The molecule has 1 aromatic rings. The largest absolute Gasteiger partial charge is 0.508 e. The molecular formula is C22H36N2O3. The molecule has 1 saturated heterocycles. The number of phenolic OH excluding ortho intramolecular Hbond substituents is 1. The predicted molar refractivity (Wildman–Crippen MR) is 109 cm³/mol. The Bertz CT molecular complexity index is 589. The molecule has 2 rings (SSSR count). The van der Waals surface area contributed by atoms with Crippen molar-refractivity contribution in [2.45, 2.75) is 53.2 Å². The Morgan fingerprint density at radius 3 is 2.67 bits per heavy atom. The van der Waals surface area contributed by atoms with Crippen molar-refractivity contribution in [2.24, 2.45) is 11.8 Å². The van der Waals surface area contributed by atoms with Gasteiger partial charge in [0.2, 0.25) is 5.91 Å². The number of morpholine rings is 1. The zero-order valence-electron chi connectivity index (χ0n) is 17.4. The molecular weight excluding hydrogens is 340 g/mol. The highest BCUT2D eigenvalue weighted by Gasteiger charge is 2.25. The summed E-state index contributed by atoms with van der Waals surface area (Å²) in [4.78, 5) is 17.0. The van der Waals surface area contributed by atoms with E-state index in [2.05, 4.69) is 32.6 Å². The third kappa shape index (κ3) is 7.51. The van der Waals surface area contributed by atoms with Crippen molar-refractivity contribution in [2.75, 3.05) is 32.8 Å². The normalized spacial score (nSPS) is 18.2. The van der Waals surface area contributed by atoms with E-state index in [1.807, 2.05) is 23.1 Å². The number of carbonyl (C=O) groups is 1. The van der Waals surface area contributed by atoms with E-state index >= 15 is 0 Å². The first-order chi connectivity index (χ1) is 12.8. The molecule has 0 unspecified atom stereocenters. The second-order valence-corrected chi connectivity index (χ2v) is 8.48. The van der Waals surface area contributed by atoms with Crippen LogP contribution in [0, 0.1) is 11.8 Å². The lowest BCUT2D eigenvalue weighted by Crippen LogP contribution is -2.49. The van der Waals surface area contributed by atoms with Crippen molar-refractivity contribution in [3.63, 3.8) is 0 Å². The van der Waals surface area contributed by atoms with E-state index in [4.69, 9.17) is 4.74 Å². The maximum Gasteiger partial charge on any atom is 0.222 e. The van der Waals surface area contributed by atoms with Crippen LogP contribution >= 0.6 is 0 Å². The number of carbonyl (C=O) groups excluding carboxylic acids is 1. The lowest BCUT2D eigenvalue weighted by molar-refractivity contribution is -0.135. The number of para-hydroxylation sites is 1. The molecule has 0 spiro atoms. The van der Waals surface area contributed by atoms with Crippen LogP contribution in [-0.2, 0) is 16.1 Å². The fourth-order valence-electron chi connectivity index (χ4n) is 3.38. The van der Waals surface area contributed by atoms with Gasteiger partial charge in [0.1, 0.15) is 5.75 Å². The number of hydrogen-bond acceptors (Lipinski definition) is 4. The number of ether oxygens (including phenoxy) is 1. The molecule has 1 aliphatic heterocycles. The molecule has 0 aliphatic carbocycles. The van der Waals surface area contributed by atoms with Gasteiger partial charge in [0, 0.05) is 44.7 Å². The van der Waals surface area contributed by atoms with Crippen LogP contribution in [0.1, 0.15) is 46.1 Å². The molecule has 0 saturated carbocycles. The molecule has 1 heterocycles. The fourth-order valence-corrected chi connectivity index (χ4v) is 3.38. The first-order valence-electron chi connectivity index (χ1n) is 10.2. The maximum absolute atomic E-state index is 12.7. The van der Waals surface area contributed by atoms with Gasteiger partial charge in [0.15, 0.2) is 0 Å². The Labute approximate surface area is 164 Å². The van der Waals surface area contributed by atoms with Gasteiger partial charge in [-0.2, -0.15) is 0 Å². The van der Waals surface area contributed by atoms with Crippen molar-refractivity contribution >= 4 is 5.91 Å². The van der Waals surface area contributed by atoms with Crippen LogP contribution in [0.25, 0.3) is 0 Å². The molecule has 1 N–H and O–H groups in total. The molecule has 152 valence electrons. The smallest absolute Gasteiger partial charge is 0.222 e. The Kier molecular flexibility index (Phi) is 8.58. The van der Waals surface area contributed by atoms with Gasteiger partial charge in [0.05, 0.1) is 12.7 Å². The van der Waals surface area contributed by atoms with Crippen molar-refractivity contribution in [1.29, 1.82) is 0 Å². The third-order valence-electron chi connectivity index (χ3n) is 4.94. The molecule has 0 radical (unpaired) electrons. The predicted octanol–water partition coefficient (Wildman–Crippen LogP) is 3.51. The SMILES string of the molecule is CC(C)CCN(C[C@@H]1CN(Cc2ccccc2O)CCO1)C(=O)CC(C)C. The lowest BCUT2D eigenvalue weighted by atomic mass is 10.1. The minimum absolute atomic E-state index is 0.0212. The number of amides is 1. The zero-order valence-corrected chi connectivity index (χ0v) is 17.4. The van der Waals surface area contributed by atoms with Crippen molar-refractivity contribution in [1.82, 2.24) is 9.80 Å². The van der Waals surface area contributed by atoms with Crippen LogP contribution in [0.3, 0.4) is 0 Å². The molecule has 1 amide bonds. The Hall–Kier alpha value is -1.59. The van der Waals surface area contributed by atoms with Crippen LogP contribution in [0.2, 0.25) is 0 Å². The molecule has 1 aromatic carbocycles. The second-order valence-electron chi connectivity index (χ2n) is 8.48. The Morgan fingerprint density at radius 2 is 2.00 bits per heavy atom. The quantitative estimate of drug-likeness (QED) is 0.716. The Balaban J connectivity index is 1.95. The van der Waals surface area contributed by atoms with Crippen molar-refractivity contribution in [3.8, 4) is 5.75 Å². The van der Waals surface area contributed by atoms with Crippen molar-refractivity contribution in [3.05, 3.63) is 29.8 Å². The van der Waals surface area contributed by atoms with Gasteiger partial charge in [-0.15, -0.1) is 0 Å². The van der Waals surface area contributed by atoms with Gasteiger partial charge in [-0.1, -0.05) is 45.9 Å². The van der Waals surface area contributed by atoms with Crippen LogP contribution in [0.15, 0.2) is 24.3 Å². The topological polar surface area (TPSA) is 53.0 Å². The summed E-state index contributed by atoms with van der Waals surface area (Å²) in [5.74, 6) is 1.51. The third-order valence-corrected chi connectivity index (χ3v) is 4.94. The van der Waals surface area contributed by atoms with Gasteiger partial charge in [-0.05, 0) is 24.3 Å². The molecule has 0 aromatic heterocycles. The molecule has 5 nitrogen and oxygen atoms in total. The highest BCUT2D eigenvalue weighted by Crippen LogP contribution is 2.20. The van der Waals surface area contributed by atoms with E-state index in [1.165, 1.54) is 0 Å². The number of phenols is 1. The molecule has 1 fully saturated rings. The van der Waals surface area contributed by atoms with Crippen LogP contribution in [-0.4, -0.2) is 59.7 Å². The summed E-state index contributed by atoms with van der Waals surface area (Å²) < 4.78 is 5.97. The summed E-state index contributed by atoms with van der Waals surface area (Å²) in [6.07, 6.45) is 1.62. The van der Waals surface area contributed by atoms with Crippen LogP contribution in [0.5, 0.6) is 5.75 Å². The number of benzene rings is 1. The molecule has 1 atom stereocenters. The molecule has 0 bridgehead atoms. The van der Waals surface area contributed by atoms with Crippen LogP contribution in [0.4, 0.5) is 0 Å². The summed E-state index contributed by atoms with van der Waals surface area (Å²) in [5.41, 5.74) is 0.936. The van der Waals surface area contributed by atoms with Crippen molar-refractivity contribution < 1.29 is 14.6 Å². The van der Waals surface area contributed by atoms with Gasteiger partial charge in [-0.25, -0.2) is 0 Å². The number of hydrogen-bond donors (Lipinski definition) is 1. The first-order valence-corrected chi connectivity index (χ1v) is 10.2. The summed E-state index contributed by atoms with van der Waals surface area (Å²) in [6.45, 7) is 13.0. The van der Waals surface area contributed by atoms with E-state index in [9.17, 15) is 9.90 Å². The minimum Gasteiger partial charge on any atom is -0.508 e. The minimum atomic E-state index is 0.0212. The van der Waals surface area contributed by atoms with Gasteiger partial charge < -0.3 is 14.7 Å². The number of nitrogens with zero attached hydrogens (tertiary/aromatic N) is 2. The molecule has 5 heteroatoms. The maximum atomic E-state index is 12.7.